The Labute approximate surface area is 165 Å². The van der Waals surface area contributed by atoms with Gasteiger partial charge in [0.2, 0.25) is 5.91 Å². The molecule has 1 aromatic heterocycles. The molecule has 146 valence electrons. The fourth-order valence-corrected chi connectivity index (χ4v) is 4.67. The summed E-state index contributed by atoms with van der Waals surface area (Å²) < 4.78 is 1.50. The van der Waals surface area contributed by atoms with Crippen LogP contribution in [0.1, 0.15) is 37.1 Å². The molecule has 1 fully saturated rings. The van der Waals surface area contributed by atoms with E-state index in [2.05, 4.69) is 48.3 Å². The van der Waals surface area contributed by atoms with Gasteiger partial charge in [0.1, 0.15) is 6.54 Å². The zero-order valence-corrected chi connectivity index (χ0v) is 17.2. The summed E-state index contributed by atoms with van der Waals surface area (Å²) in [6.07, 6.45) is 1.33. The van der Waals surface area contributed by atoms with Crippen LogP contribution in [0.25, 0.3) is 0 Å². The minimum Gasteiger partial charge on any atom is -0.350 e. The molecule has 1 aliphatic rings. The molecule has 0 spiro atoms. The SMILES string of the molecule is Cc1csc(=O)n1CC(=O)NCc1ccc(CN2CC(C)CC(C)C2)cc1. The summed E-state index contributed by atoms with van der Waals surface area (Å²) >= 11 is 1.13. The number of hydrogen-bond acceptors (Lipinski definition) is 4. The maximum atomic E-state index is 12.1. The molecule has 3 rings (SSSR count). The number of aryl methyl sites for hydroxylation is 1. The number of rotatable bonds is 6. The molecule has 2 heterocycles. The first-order valence-corrected chi connectivity index (χ1v) is 10.5. The Bertz CT molecular complexity index is 815. The number of nitrogens with zero attached hydrogens (tertiary/aromatic N) is 2. The van der Waals surface area contributed by atoms with Gasteiger partial charge < -0.3 is 5.32 Å². The van der Waals surface area contributed by atoms with Gasteiger partial charge in [0.25, 0.3) is 0 Å². The van der Waals surface area contributed by atoms with Crippen molar-refractivity contribution < 1.29 is 4.79 Å². The van der Waals surface area contributed by atoms with Gasteiger partial charge in [-0.25, -0.2) is 0 Å². The predicted octanol–water partition coefficient (Wildman–Crippen LogP) is 3.01. The minimum absolute atomic E-state index is 0.0809. The van der Waals surface area contributed by atoms with Crippen molar-refractivity contribution in [1.82, 2.24) is 14.8 Å². The van der Waals surface area contributed by atoms with Crippen molar-refractivity contribution in [3.63, 3.8) is 0 Å². The van der Waals surface area contributed by atoms with Gasteiger partial charge in [-0.05, 0) is 36.3 Å². The van der Waals surface area contributed by atoms with Crippen molar-refractivity contribution in [2.24, 2.45) is 11.8 Å². The number of carbonyl (C=O) groups is 1. The van der Waals surface area contributed by atoms with Crippen LogP contribution in [0.3, 0.4) is 0 Å². The first-order valence-electron chi connectivity index (χ1n) is 9.62. The molecule has 1 saturated heterocycles. The highest BCUT2D eigenvalue weighted by Gasteiger charge is 2.21. The molecule has 1 aromatic carbocycles. The number of likely N-dealkylation sites (tertiary alicyclic amines) is 1. The lowest BCUT2D eigenvalue weighted by Gasteiger charge is -2.35. The second-order valence-corrected chi connectivity index (χ2v) is 8.78. The number of hydrogen-bond donors (Lipinski definition) is 1. The molecule has 1 amide bonds. The van der Waals surface area contributed by atoms with E-state index in [-0.39, 0.29) is 17.3 Å². The van der Waals surface area contributed by atoms with Gasteiger partial charge in [-0.15, -0.1) is 0 Å². The van der Waals surface area contributed by atoms with Crippen molar-refractivity contribution >= 4 is 17.2 Å². The minimum atomic E-state index is -0.140. The van der Waals surface area contributed by atoms with Crippen LogP contribution in [-0.4, -0.2) is 28.5 Å². The fraction of sp³-hybridized carbons (Fsp3) is 0.524. The molecule has 2 aromatic rings. The van der Waals surface area contributed by atoms with Crippen LogP contribution in [0.2, 0.25) is 0 Å². The molecule has 0 radical (unpaired) electrons. The third kappa shape index (κ3) is 5.53. The summed E-state index contributed by atoms with van der Waals surface area (Å²) in [6.45, 7) is 10.4. The molecular weight excluding hydrogens is 358 g/mol. The normalized spacial score (nSPS) is 20.6. The Kier molecular flexibility index (Phi) is 6.50. The highest BCUT2D eigenvalue weighted by molar-refractivity contribution is 7.07. The van der Waals surface area contributed by atoms with Gasteiger partial charge >= 0.3 is 4.87 Å². The van der Waals surface area contributed by atoms with E-state index in [4.69, 9.17) is 0 Å². The lowest BCUT2D eigenvalue weighted by Crippen LogP contribution is -2.38. The third-order valence-electron chi connectivity index (χ3n) is 5.14. The van der Waals surface area contributed by atoms with E-state index in [0.717, 1.165) is 41.0 Å². The van der Waals surface area contributed by atoms with Gasteiger partial charge in [0.05, 0.1) is 0 Å². The summed E-state index contributed by atoms with van der Waals surface area (Å²) in [5.41, 5.74) is 3.21. The van der Waals surface area contributed by atoms with E-state index in [1.807, 2.05) is 6.92 Å². The molecule has 27 heavy (non-hydrogen) atoms. The molecule has 5 nitrogen and oxygen atoms in total. The summed E-state index contributed by atoms with van der Waals surface area (Å²) in [6, 6.07) is 8.46. The van der Waals surface area contributed by atoms with E-state index in [1.165, 1.54) is 29.6 Å². The molecular formula is C21H29N3O2S. The van der Waals surface area contributed by atoms with Gasteiger partial charge in [0, 0.05) is 37.3 Å². The van der Waals surface area contributed by atoms with Crippen LogP contribution < -0.4 is 10.2 Å². The molecule has 0 aliphatic carbocycles. The van der Waals surface area contributed by atoms with Gasteiger partial charge in [0.15, 0.2) is 0 Å². The first-order chi connectivity index (χ1) is 12.9. The van der Waals surface area contributed by atoms with Crippen LogP contribution in [0.4, 0.5) is 0 Å². The Hall–Kier alpha value is -1.92. The molecule has 0 bridgehead atoms. The number of piperidine rings is 1. The predicted molar refractivity (Wildman–Crippen MR) is 110 cm³/mol. The summed E-state index contributed by atoms with van der Waals surface area (Å²) in [5, 5.41) is 4.68. The summed E-state index contributed by atoms with van der Waals surface area (Å²) in [7, 11) is 0. The topological polar surface area (TPSA) is 54.3 Å². The molecule has 2 unspecified atom stereocenters. The van der Waals surface area contributed by atoms with Gasteiger partial charge in [-0.2, -0.15) is 0 Å². The highest BCUT2D eigenvalue weighted by Crippen LogP contribution is 2.22. The van der Waals surface area contributed by atoms with Crippen molar-refractivity contribution in [2.75, 3.05) is 13.1 Å². The average molecular weight is 388 g/mol. The van der Waals surface area contributed by atoms with Gasteiger partial charge in [-0.1, -0.05) is 49.4 Å². The monoisotopic (exact) mass is 387 g/mol. The first kappa shape index (κ1) is 19.8. The number of carbonyl (C=O) groups excluding carboxylic acids is 1. The number of benzene rings is 1. The standard InChI is InChI=1S/C21H29N3O2S/c1-15-8-16(2)11-23(10-15)12-19-6-4-18(5-7-19)9-22-20(25)13-24-17(3)14-27-21(24)26/h4-7,14-16H,8-13H2,1-3H3,(H,22,25). The largest absolute Gasteiger partial charge is 0.350 e. The Morgan fingerprint density at radius 2 is 1.78 bits per heavy atom. The molecule has 6 heteroatoms. The maximum Gasteiger partial charge on any atom is 0.307 e. The quantitative estimate of drug-likeness (QED) is 0.829. The highest BCUT2D eigenvalue weighted by atomic mass is 32.1. The number of nitrogens with one attached hydrogen (secondary N) is 1. The lowest BCUT2D eigenvalue weighted by molar-refractivity contribution is -0.121. The van der Waals surface area contributed by atoms with E-state index < -0.39 is 0 Å². The third-order valence-corrected chi connectivity index (χ3v) is 6.02. The van der Waals surface area contributed by atoms with Crippen LogP contribution >= 0.6 is 11.3 Å². The summed E-state index contributed by atoms with van der Waals surface area (Å²) in [5.74, 6) is 1.39. The van der Waals surface area contributed by atoms with E-state index >= 15 is 0 Å². The van der Waals surface area contributed by atoms with Crippen molar-refractivity contribution in [1.29, 1.82) is 0 Å². The van der Waals surface area contributed by atoms with Crippen molar-refractivity contribution in [2.45, 2.75) is 46.8 Å². The number of thiazole rings is 1. The fourth-order valence-electron chi connectivity index (χ4n) is 3.94. The lowest BCUT2D eigenvalue weighted by atomic mass is 9.91. The van der Waals surface area contributed by atoms with Crippen LogP contribution in [0.15, 0.2) is 34.4 Å². The summed E-state index contributed by atoms with van der Waals surface area (Å²) in [4.78, 5) is 26.2. The number of amides is 1. The van der Waals surface area contributed by atoms with Gasteiger partial charge in [-0.3, -0.25) is 19.1 Å². The molecule has 1 N–H and O–H groups in total. The second kappa shape index (κ2) is 8.85. The molecule has 2 atom stereocenters. The smallest absolute Gasteiger partial charge is 0.307 e. The van der Waals surface area contributed by atoms with Crippen LogP contribution in [-0.2, 0) is 24.4 Å². The molecule has 0 saturated carbocycles. The Balaban J connectivity index is 1.49. The number of aromatic nitrogens is 1. The van der Waals surface area contributed by atoms with Crippen molar-refractivity contribution in [3.8, 4) is 0 Å². The maximum absolute atomic E-state index is 12.1. The van der Waals surface area contributed by atoms with Crippen LogP contribution in [0.5, 0.6) is 0 Å². The van der Waals surface area contributed by atoms with Crippen LogP contribution in [0, 0.1) is 18.8 Å². The zero-order valence-electron chi connectivity index (χ0n) is 16.4. The van der Waals surface area contributed by atoms with E-state index in [1.54, 1.807) is 5.38 Å². The van der Waals surface area contributed by atoms with E-state index in [0.29, 0.717) is 6.54 Å². The van der Waals surface area contributed by atoms with Crippen molar-refractivity contribution in [3.05, 3.63) is 56.1 Å². The average Bonchev–Trinajstić information content (AvgIpc) is 2.92. The Morgan fingerprint density at radius 1 is 1.15 bits per heavy atom. The second-order valence-electron chi connectivity index (χ2n) is 7.96. The molecule has 1 aliphatic heterocycles. The Morgan fingerprint density at radius 3 is 2.37 bits per heavy atom. The zero-order chi connectivity index (χ0) is 19.4. The van der Waals surface area contributed by atoms with E-state index in [9.17, 15) is 9.59 Å².